The number of rotatable bonds is 5. The number of hydrogen-bond acceptors (Lipinski definition) is 4. The Morgan fingerprint density at radius 1 is 1.21 bits per heavy atom. The summed E-state index contributed by atoms with van der Waals surface area (Å²) in [5.74, 6) is 0.127. The Bertz CT molecular complexity index is 956. The molecule has 0 aromatic carbocycles. The van der Waals surface area contributed by atoms with E-state index in [9.17, 15) is 21.6 Å². The fraction of sp³-hybridized carbons (Fsp3) is 0.632. The molecule has 10 heteroatoms. The van der Waals surface area contributed by atoms with Crippen molar-refractivity contribution in [2.45, 2.75) is 69.3 Å². The second kappa shape index (κ2) is 7.79. The highest BCUT2D eigenvalue weighted by molar-refractivity contribution is 7.90. The number of pyridine rings is 1. The van der Waals surface area contributed by atoms with E-state index in [1.807, 2.05) is 0 Å². The third kappa shape index (κ3) is 5.22. The van der Waals surface area contributed by atoms with Crippen LogP contribution < -0.4 is 9.46 Å². The van der Waals surface area contributed by atoms with Gasteiger partial charge >= 0.3 is 6.18 Å². The van der Waals surface area contributed by atoms with E-state index in [0.717, 1.165) is 18.5 Å². The van der Waals surface area contributed by atoms with Crippen molar-refractivity contribution in [1.29, 1.82) is 0 Å². The van der Waals surface area contributed by atoms with Crippen LogP contribution in [0.2, 0.25) is 0 Å². The van der Waals surface area contributed by atoms with E-state index in [1.165, 1.54) is 6.20 Å². The summed E-state index contributed by atoms with van der Waals surface area (Å²) in [5, 5.41) is 0.516. The zero-order chi connectivity index (χ0) is 21.4. The van der Waals surface area contributed by atoms with E-state index in [-0.39, 0.29) is 17.8 Å². The van der Waals surface area contributed by atoms with E-state index < -0.39 is 27.6 Å². The Morgan fingerprint density at radius 3 is 2.45 bits per heavy atom. The number of aromatic amines is 1. The Kier molecular flexibility index (Phi) is 5.88. The minimum Gasteiger partial charge on any atom is -0.468 e. The summed E-state index contributed by atoms with van der Waals surface area (Å²) >= 11 is 0. The molecule has 2 aromatic rings. The molecule has 2 heterocycles. The van der Waals surface area contributed by atoms with Crippen LogP contribution in [-0.2, 0) is 10.0 Å². The fourth-order valence-corrected chi connectivity index (χ4v) is 4.48. The Labute approximate surface area is 168 Å². The molecular formula is C19H26F3N3O3S. The summed E-state index contributed by atoms with van der Waals surface area (Å²) in [4.78, 5) is 7.18. The van der Waals surface area contributed by atoms with Crippen molar-refractivity contribution < 1.29 is 26.3 Å². The number of sulfonamides is 1. The molecule has 6 nitrogen and oxygen atoms in total. The van der Waals surface area contributed by atoms with Gasteiger partial charge < -0.3 is 9.72 Å². The summed E-state index contributed by atoms with van der Waals surface area (Å²) in [7, 11) is -3.40. The molecule has 1 aliphatic carbocycles. The molecule has 1 saturated carbocycles. The third-order valence-electron chi connectivity index (χ3n) is 5.20. The number of H-pyrrole nitrogens is 1. The van der Waals surface area contributed by atoms with Crippen LogP contribution in [-0.4, -0.2) is 42.0 Å². The molecule has 3 rings (SSSR count). The topological polar surface area (TPSA) is 84.1 Å². The standard InChI is InChI=1S/C19H26F3N3O3S/c1-18(2,3)29(26,27)25-13-6-4-12(5-7-13)16-10-14-15(24-16)8-9-23-17(14)28-11-19(20,21)22/h8-10,12-13,24-25H,4-7,11H2,1-3H3/t12-,13-. The SMILES string of the molecule is CC(C)(C)S(=O)(=O)N[C@H]1CC[C@H](c2cc3c(OCC(F)(F)F)nccc3[nH]2)CC1. The number of alkyl halides is 3. The van der Waals surface area contributed by atoms with Gasteiger partial charge in [-0.1, -0.05) is 0 Å². The van der Waals surface area contributed by atoms with E-state index in [2.05, 4.69) is 14.7 Å². The van der Waals surface area contributed by atoms with Crippen LogP contribution in [0.25, 0.3) is 10.9 Å². The van der Waals surface area contributed by atoms with Gasteiger partial charge in [-0.3, -0.25) is 0 Å². The number of fused-ring (bicyclic) bond motifs is 1. The van der Waals surface area contributed by atoms with Crippen LogP contribution in [0.5, 0.6) is 5.88 Å². The van der Waals surface area contributed by atoms with Crippen molar-refractivity contribution in [3.63, 3.8) is 0 Å². The first-order valence-electron chi connectivity index (χ1n) is 9.55. The summed E-state index contributed by atoms with van der Waals surface area (Å²) < 4.78 is 68.8. The van der Waals surface area contributed by atoms with Crippen molar-refractivity contribution in [1.82, 2.24) is 14.7 Å². The first-order chi connectivity index (χ1) is 13.4. The Morgan fingerprint density at radius 2 is 1.86 bits per heavy atom. The lowest BCUT2D eigenvalue weighted by molar-refractivity contribution is -0.153. The van der Waals surface area contributed by atoms with E-state index in [0.29, 0.717) is 23.7 Å². The molecule has 2 aromatic heterocycles. The molecule has 162 valence electrons. The average Bonchev–Trinajstić information content (AvgIpc) is 3.03. The van der Waals surface area contributed by atoms with Gasteiger partial charge in [0.2, 0.25) is 15.9 Å². The maximum absolute atomic E-state index is 12.5. The Balaban J connectivity index is 1.68. The van der Waals surface area contributed by atoms with Crippen molar-refractivity contribution in [3.8, 4) is 5.88 Å². The minimum absolute atomic E-state index is 0.0473. The maximum atomic E-state index is 12.5. The molecular weight excluding hydrogens is 407 g/mol. The fourth-order valence-electron chi connectivity index (χ4n) is 3.45. The summed E-state index contributed by atoms with van der Waals surface area (Å²) in [5.41, 5.74) is 1.57. The van der Waals surface area contributed by atoms with Crippen LogP contribution in [0.1, 0.15) is 58.1 Å². The molecule has 0 spiro atoms. The van der Waals surface area contributed by atoms with Crippen molar-refractivity contribution in [2.24, 2.45) is 0 Å². The van der Waals surface area contributed by atoms with Crippen LogP contribution in [0, 0.1) is 0 Å². The van der Waals surface area contributed by atoms with Gasteiger partial charge in [0.1, 0.15) is 0 Å². The molecule has 1 fully saturated rings. The summed E-state index contributed by atoms with van der Waals surface area (Å²) in [6.45, 7) is 3.60. The highest BCUT2D eigenvalue weighted by Gasteiger charge is 2.33. The number of halogens is 3. The number of nitrogens with one attached hydrogen (secondary N) is 2. The monoisotopic (exact) mass is 433 g/mol. The lowest BCUT2D eigenvalue weighted by Gasteiger charge is -2.31. The normalized spacial score (nSPS) is 21.4. The van der Waals surface area contributed by atoms with E-state index in [1.54, 1.807) is 32.9 Å². The first kappa shape index (κ1) is 21.9. The first-order valence-corrected chi connectivity index (χ1v) is 11.0. The molecule has 0 aliphatic heterocycles. The molecule has 0 radical (unpaired) electrons. The number of nitrogens with zero attached hydrogens (tertiary/aromatic N) is 1. The van der Waals surface area contributed by atoms with Crippen LogP contribution in [0.4, 0.5) is 13.2 Å². The molecule has 0 amide bonds. The highest BCUT2D eigenvalue weighted by Crippen LogP contribution is 2.36. The third-order valence-corrected chi connectivity index (χ3v) is 7.46. The molecule has 29 heavy (non-hydrogen) atoms. The number of hydrogen-bond donors (Lipinski definition) is 2. The maximum Gasteiger partial charge on any atom is 0.422 e. The van der Waals surface area contributed by atoms with Gasteiger partial charge in [0.15, 0.2) is 6.61 Å². The minimum atomic E-state index is -4.43. The lowest BCUT2D eigenvalue weighted by Crippen LogP contribution is -2.45. The van der Waals surface area contributed by atoms with Gasteiger partial charge in [0.05, 0.1) is 15.6 Å². The van der Waals surface area contributed by atoms with Crippen LogP contribution in [0.15, 0.2) is 18.3 Å². The average molecular weight is 433 g/mol. The van der Waals surface area contributed by atoms with Gasteiger partial charge in [-0.2, -0.15) is 13.2 Å². The summed E-state index contributed by atoms with van der Waals surface area (Å²) in [6, 6.07) is 3.38. The number of ether oxygens (including phenoxy) is 1. The van der Waals surface area contributed by atoms with E-state index >= 15 is 0 Å². The van der Waals surface area contributed by atoms with Gasteiger partial charge in [-0.15, -0.1) is 0 Å². The Hall–Kier alpha value is -1.81. The quantitative estimate of drug-likeness (QED) is 0.738. The second-order valence-electron chi connectivity index (χ2n) is 8.49. The molecule has 0 bridgehead atoms. The second-order valence-corrected chi connectivity index (χ2v) is 11.0. The van der Waals surface area contributed by atoms with Gasteiger partial charge in [0, 0.05) is 17.9 Å². The van der Waals surface area contributed by atoms with Crippen molar-refractivity contribution >= 4 is 20.9 Å². The predicted molar refractivity (Wildman–Crippen MR) is 104 cm³/mol. The molecule has 1 aliphatic rings. The van der Waals surface area contributed by atoms with Crippen LogP contribution >= 0.6 is 0 Å². The molecule has 0 unspecified atom stereocenters. The molecule has 2 N–H and O–H groups in total. The zero-order valence-corrected chi connectivity index (χ0v) is 17.5. The van der Waals surface area contributed by atoms with Crippen molar-refractivity contribution in [2.75, 3.05) is 6.61 Å². The van der Waals surface area contributed by atoms with Crippen molar-refractivity contribution in [3.05, 3.63) is 24.0 Å². The van der Waals surface area contributed by atoms with Crippen LogP contribution in [0.3, 0.4) is 0 Å². The molecule has 0 atom stereocenters. The largest absolute Gasteiger partial charge is 0.468 e. The van der Waals surface area contributed by atoms with Gasteiger partial charge in [-0.05, 0) is 64.5 Å². The number of aromatic nitrogens is 2. The van der Waals surface area contributed by atoms with Gasteiger partial charge in [0.25, 0.3) is 0 Å². The summed E-state index contributed by atoms with van der Waals surface area (Å²) in [6.07, 6.45) is -0.0725. The lowest BCUT2D eigenvalue weighted by atomic mass is 9.84. The van der Waals surface area contributed by atoms with E-state index in [4.69, 9.17) is 4.74 Å². The smallest absolute Gasteiger partial charge is 0.422 e. The zero-order valence-electron chi connectivity index (χ0n) is 16.6. The van der Waals surface area contributed by atoms with Gasteiger partial charge in [-0.25, -0.2) is 18.1 Å². The highest BCUT2D eigenvalue weighted by atomic mass is 32.2. The predicted octanol–water partition coefficient (Wildman–Crippen LogP) is 4.25. The molecule has 0 saturated heterocycles.